The van der Waals surface area contributed by atoms with Crippen molar-refractivity contribution in [2.45, 2.75) is 5.37 Å². The highest BCUT2D eigenvalue weighted by atomic mass is 35.5. The van der Waals surface area contributed by atoms with Crippen LogP contribution in [0, 0.1) is 5.82 Å². The summed E-state index contributed by atoms with van der Waals surface area (Å²) in [5.41, 5.74) is 1.56. The maximum absolute atomic E-state index is 13.0. The molecule has 1 saturated heterocycles. The first-order valence-electron chi connectivity index (χ1n) is 6.20. The summed E-state index contributed by atoms with van der Waals surface area (Å²) in [7, 11) is 0. The molecular formula is C15H10Cl2FNOS. The highest BCUT2D eigenvalue weighted by Crippen LogP contribution is 2.42. The number of nitrogens with zero attached hydrogens (tertiary/aromatic N) is 1. The maximum atomic E-state index is 13.0. The average Bonchev–Trinajstić information content (AvgIpc) is 2.85. The average molecular weight is 342 g/mol. The Hall–Kier alpha value is -1.23. The summed E-state index contributed by atoms with van der Waals surface area (Å²) in [5, 5.41) is 0.744. The summed E-state index contributed by atoms with van der Waals surface area (Å²) in [6.45, 7) is 0. The van der Waals surface area contributed by atoms with Gasteiger partial charge in [0.25, 0.3) is 0 Å². The molecule has 1 aliphatic rings. The van der Waals surface area contributed by atoms with Gasteiger partial charge in [0.2, 0.25) is 5.91 Å². The van der Waals surface area contributed by atoms with Crippen LogP contribution in [0.4, 0.5) is 10.1 Å². The first kappa shape index (κ1) is 14.7. The van der Waals surface area contributed by atoms with Gasteiger partial charge in [-0.05, 0) is 42.0 Å². The van der Waals surface area contributed by atoms with Gasteiger partial charge < -0.3 is 0 Å². The third-order valence-corrected chi connectivity index (χ3v) is 5.15. The van der Waals surface area contributed by atoms with Gasteiger partial charge in [0.05, 0.1) is 15.8 Å². The van der Waals surface area contributed by atoms with E-state index < -0.39 is 0 Å². The number of amides is 1. The van der Waals surface area contributed by atoms with E-state index in [1.54, 1.807) is 29.2 Å². The first-order chi connectivity index (χ1) is 10.1. The molecule has 0 radical (unpaired) electrons. The molecule has 0 aromatic heterocycles. The second-order valence-electron chi connectivity index (χ2n) is 4.58. The Labute approximate surface area is 135 Å². The van der Waals surface area contributed by atoms with E-state index in [1.165, 1.54) is 23.9 Å². The minimum absolute atomic E-state index is 0.0114. The zero-order valence-corrected chi connectivity index (χ0v) is 13.1. The smallest absolute Gasteiger partial charge is 0.238 e. The maximum Gasteiger partial charge on any atom is 0.238 e. The van der Waals surface area contributed by atoms with E-state index >= 15 is 0 Å². The van der Waals surface area contributed by atoms with E-state index in [0.29, 0.717) is 21.5 Å². The largest absolute Gasteiger partial charge is 0.295 e. The molecule has 0 bridgehead atoms. The van der Waals surface area contributed by atoms with Gasteiger partial charge in [-0.1, -0.05) is 29.3 Å². The summed E-state index contributed by atoms with van der Waals surface area (Å²) in [6, 6.07) is 11.2. The standard InChI is InChI=1S/C15H10Cl2FNOS/c16-12-6-1-9(7-13(12)17)15-19(14(20)8-21-15)11-4-2-10(18)3-5-11/h1-7,15H,8H2. The van der Waals surface area contributed by atoms with E-state index in [0.717, 1.165) is 5.56 Å². The van der Waals surface area contributed by atoms with E-state index in [2.05, 4.69) is 0 Å². The van der Waals surface area contributed by atoms with Crippen molar-refractivity contribution in [2.24, 2.45) is 0 Å². The monoisotopic (exact) mass is 341 g/mol. The number of halogens is 3. The summed E-state index contributed by atoms with van der Waals surface area (Å²) in [4.78, 5) is 13.8. The van der Waals surface area contributed by atoms with Gasteiger partial charge in [-0.15, -0.1) is 11.8 Å². The van der Waals surface area contributed by atoms with Crippen molar-refractivity contribution in [3.8, 4) is 0 Å². The number of hydrogen-bond donors (Lipinski definition) is 0. The second kappa shape index (κ2) is 5.87. The fraction of sp³-hybridized carbons (Fsp3) is 0.133. The molecule has 0 spiro atoms. The van der Waals surface area contributed by atoms with Crippen LogP contribution in [-0.2, 0) is 4.79 Å². The summed E-state index contributed by atoms with van der Waals surface area (Å²) in [5.74, 6) is 0.0364. The molecule has 1 atom stereocenters. The normalized spacial score (nSPS) is 18.3. The van der Waals surface area contributed by atoms with Crippen LogP contribution in [0.15, 0.2) is 42.5 Å². The van der Waals surface area contributed by atoms with Crippen molar-refractivity contribution in [1.29, 1.82) is 0 Å². The molecule has 1 unspecified atom stereocenters. The minimum atomic E-state index is -0.330. The van der Waals surface area contributed by atoms with Gasteiger partial charge in [-0.3, -0.25) is 9.69 Å². The second-order valence-corrected chi connectivity index (χ2v) is 6.46. The zero-order chi connectivity index (χ0) is 15.0. The highest BCUT2D eigenvalue weighted by molar-refractivity contribution is 8.00. The molecule has 1 fully saturated rings. The van der Waals surface area contributed by atoms with Crippen LogP contribution in [-0.4, -0.2) is 11.7 Å². The Kier molecular flexibility index (Phi) is 4.11. The van der Waals surface area contributed by atoms with Gasteiger partial charge in [0.1, 0.15) is 11.2 Å². The fourth-order valence-corrected chi connectivity index (χ4v) is 3.69. The highest BCUT2D eigenvalue weighted by Gasteiger charge is 2.34. The Morgan fingerprint density at radius 1 is 1.10 bits per heavy atom. The summed E-state index contributed by atoms with van der Waals surface area (Å²) >= 11 is 13.5. The third-order valence-electron chi connectivity index (χ3n) is 3.20. The lowest BCUT2D eigenvalue weighted by Gasteiger charge is -2.24. The molecule has 0 N–H and O–H groups in total. The zero-order valence-electron chi connectivity index (χ0n) is 10.7. The quantitative estimate of drug-likeness (QED) is 0.773. The lowest BCUT2D eigenvalue weighted by atomic mass is 10.2. The van der Waals surface area contributed by atoms with Crippen LogP contribution in [0.1, 0.15) is 10.9 Å². The van der Waals surface area contributed by atoms with E-state index in [4.69, 9.17) is 23.2 Å². The lowest BCUT2D eigenvalue weighted by molar-refractivity contribution is -0.115. The van der Waals surface area contributed by atoms with Gasteiger partial charge in [-0.2, -0.15) is 0 Å². The Bertz CT molecular complexity index is 693. The van der Waals surface area contributed by atoms with Crippen molar-refractivity contribution in [3.05, 3.63) is 63.9 Å². The van der Waals surface area contributed by atoms with Crippen LogP contribution >= 0.6 is 35.0 Å². The molecule has 1 aliphatic heterocycles. The van der Waals surface area contributed by atoms with E-state index in [-0.39, 0.29) is 17.1 Å². The lowest BCUT2D eigenvalue weighted by Crippen LogP contribution is -2.27. The minimum Gasteiger partial charge on any atom is -0.295 e. The van der Waals surface area contributed by atoms with E-state index in [9.17, 15) is 9.18 Å². The molecule has 108 valence electrons. The molecule has 0 aliphatic carbocycles. The van der Waals surface area contributed by atoms with Crippen molar-refractivity contribution in [2.75, 3.05) is 10.7 Å². The van der Waals surface area contributed by atoms with Gasteiger partial charge in [-0.25, -0.2) is 4.39 Å². The predicted octanol–water partition coefficient (Wildman–Crippen LogP) is 4.91. The number of carbonyl (C=O) groups is 1. The summed E-state index contributed by atoms with van der Waals surface area (Å²) in [6.07, 6.45) is 0. The first-order valence-corrected chi connectivity index (χ1v) is 8.01. The van der Waals surface area contributed by atoms with Crippen molar-refractivity contribution in [3.63, 3.8) is 0 Å². The van der Waals surface area contributed by atoms with Gasteiger partial charge >= 0.3 is 0 Å². The molecule has 21 heavy (non-hydrogen) atoms. The van der Waals surface area contributed by atoms with Gasteiger partial charge in [0, 0.05) is 5.69 Å². The number of anilines is 1. The van der Waals surface area contributed by atoms with Crippen molar-refractivity contribution >= 4 is 46.6 Å². The van der Waals surface area contributed by atoms with Crippen LogP contribution in [0.25, 0.3) is 0 Å². The SMILES string of the molecule is O=C1CSC(c2ccc(Cl)c(Cl)c2)N1c1ccc(F)cc1. The van der Waals surface area contributed by atoms with Crippen LogP contribution in [0.2, 0.25) is 10.0 Å². The molecule has 6 heteroatoms. The molecule has 2 nitrogen and oxygen atoms in total. The predicted molar refractivity (Wildman–Crippen MR) is 85.5 cm³/mol. The Morgan fingerprint density at radius 2 is 1.81 bits per heavy atom. The fourth-order valence-electron chi connectivity index (χ4n) is 2.22. The van der Waals surface area contributed by atoms with Crippen LogP contribution in [0.5, 0.6) is 0 Å². The molecule has 3 rings (SSSR count). The third kappa shape index (κ3) is 2.89. The number of thioether (sulfide) groups is 1. The molecule has 2 aromatic carbocycles. The molecule has 0 saturated carbocycles. The van der Waals surface area contributed by atoms with Crippen molar-refractivity contribution in [1.82, 2.24) is 0 Å². The Morgan fingerprint density at radius 3 is 2.48 bits per heavy atom. The Balaban J connectivity index is 1.99. The van der Waals surface area contributed by atoms with Crippen LogP contribution < -0.4 is 4.90 Å². The van der Waals surface area contributed by atoms with E-state index in [1.807, 2.05) is 6.07 Å². The number of hydrogen-bond acceptors (Lipinski definition) is 2. The molecule has 1 amide bonds. The molecule has 1 heterocycles. The van der Waals surface area contributed by atoms with Gasteiger partial charge in [0.15, 0.2) is 0 Å². The molecule has 2 aromatic rings. The number of rotatable bonds is 2. The topological polar surface area (TPSA) is 20.3 Å². The summed E-state index contributed by atoms with van der Waals surface area (Å²) < 4.78 is 13.0. The number of benzene rings is 2. The number of carbonyl (C=O) groups excluding carboxylic acids is 1. The molecular weight excluding hydrogens is 332 g/mol. The van der Waals surface area contributed by atoms with Crippen molar-refractivity contribution < 1.29 is 9.18 Å². The van der Waals surface area contributed by atoms with Crippen LogP contribution in [0.3, 0.4) is 0 Å².